The summed E-state index contributed by atoms with van der Waals surface area (Å²) in [6.07, 6.45) is 0.541. The van der Waals surface area contributed by atoms with Crippen LogP contribution in [0.25, 0.3) is 0 Å². The Balaban J connectivity index is 1.82. The molecule has 1 N–H and O–H groups in total. The monoisotopic (exact) mass is 287 g/mol. The highest BCUT2D eigenvalue weighted by Crippen LogP contribution is 2.17. The van der Waals surface area contributed by atoms with Crippen LogP contribution >= 0.6 is 0 Å². The van der Waals surface area contributed by atoms with Gasteiger partial charge in [-0.15, -0.1) is 0 Å². The molecule has 21 heavy (non-hydrogen) atoms. The zero-order valence-electron chi connectivity index (χ0n) is 11.2. The third-order valence-corrected chi connectivity index (χ3v) is 2.78. The molecule has 0 aliphatic rings. The van der Waals surface area contributed by atoms with Gasteiger partial charge in [0.25, 0.3) is 5.91 Å². The lowest BCUT2D eigenvalue weighted by Gasteiger charge is -2.08. The second kappa shape index (κ2) is 7.19. The number of benzene rings is 2. The van der Waals surface area contributed by atoms with E-state index in [1.165, 1.54) is 12.1 Å². The van der Waals surface area contributed by atoms with E-state index in [0.29, 0.717) is 12.8 Å². The Labute approximate surface area is 121 Å². The standard InChI is InChI=1S/C16H14FNO3/c17-14-8-13(10-19)6-7-15(14)21-11-16(20)18-9-12-4-2-1-3-5-12/h1-8,10H,9,11H2,(H,18,20). The molecular formula is C16H14FNO3. The van der Waals surface area contributed by atoms with Gasteiger partial charge >= 0.3 is 0 Å². The normalized spacial score (nSPS) is 9.95. The third-order valence-electron chi connectivity index (χ3n) is 2.78. The van der Waals surface area contributed by atoms with Crippen molar-refractivity contribution in [2.45, 2.75) is 6.54 Å². The van der Waals surface area contributed by atoms with Gasteiger partial charge in [0.1, 0.15) is 6.29 Å². The second-order valence-corrected chi connectivity index (χ2v) is 4.36. The van der Waals surface area contributed by atoms with Crippen LogP contribution in [0.4, 0.5) is 4.39 Å². The van der Waals surface area contributed by atoms with Crippen molar-refractivity contribution >= 4 is 12.2 Å². The van der Waals surface area contributed by atoms with E-state index in [1.54, 1.807) is 0 Å². The van der Waals surface area contributed by atoms with E-state index in [4.69, 9.17) is 4.74 Å². The van der Waals surface area contributed by atoms with Crippen molar-refractivity contribution in [2.24, 2.45) is 0 Å². The second-order valence-electron chi connectivity index (χ2n) is 4.36. The van der Waals surface area contributed by atoms with Crippen LogP contribution in [-0.4, -0.2) is 18.8 Å². The van der Waals surface area contributed by atoms with Crippen molar-refractivity contribution in [3.8, 4) is 5.75 Å². The summed E-state index contributed by atoms with van der Waals surface area (Å²) in [4.78, 5) is 22.1. The topological polar surface area (TPSA) is 55.4 Å². The minimum atomic E-state index is -0.671. The Hall–Kier alpha value is -2.69. The lowest BCUT2D eigenvalue weighted by molar-refractivity contribution is -0.123. The lowest BCUT2D eigenvalue weighted by atomic mass is 10.2. The average molecular weight is 287 g/mol. The van der Waals surface area contributed by atoms with Gasteiger partial charge in [0.2, 0.25) is 0 Å². The molecule has 0 heterocycles. The molecule has 0 aliphatic heterocycles. The van der Waals surface area contributed by atoms with Crippen LogP contribution in [0, 0.1) is 5.82 Å². The lowest BCUT2D eigenvalue weighted by Crippen LogP contribution is -2.28. The van der Waals surface area contributed by atoms with Crippen LogP contribution < -0.4 is 10.1 Å². The number of hydrogen-bond acceptors (Lipinski definition) is 3. The Morgan fingerprint density at radius 1 is 1.19 bits per heavy atom. The quantitative estimate of drug-likeness (QED) is 0.830. The molecule has 5 heteroatoms. The van der Waals surface area contributed by atoms with Gasteiger partial charge in [-0.2, -0.15) is 0 Å². The zero-order valence-corrected chi connectivity index (χ0v) is 11.2. The molecule has 0 saturated carbocycles. The third kappa shape index (κ3) is 4.42. The highest BCUT2D eigenvalue weighted by atomic mass is 19.1. The molecule has 0 atom stereocenters. The molecule has 0 saturated heterocycles. The van der Waals surface area contributed by atoms with E-state index in [9.17, 15) is 14.0 Å². The summed E-state index contributed by atoms with van der Waals surface area (Å²) < 4.78 is 18.6. The molecule has 4 nitrogen and oxygen atoms in total. The molecule has 0 bridgehead atoms. The van der Waals surface area contributed by atoms with Crippen LogP contribution in [0.1, 0.15) is 15.9 Å². The van der Waals surface area contributed by atoms with Gasteiger partial charge in [-0.1, -0.05) is 30.3 Å². The van der Waals surface area contributed by atoms with Crippen LogP contribution in [0.3, 0.4) is 0 Å². The zero-order chi connectivity index (χ0) is 15.1. The van der Waals surface area contributed by atoms with Gasteiger partial charge < -0.3 is 10.1 Å². The molecule has 0 aliphatic carbocycles. The smallest absolute Gasteiger partial charge is 0.258 e. The summed E-state index contributed by atoms with van der Waals surface area (Å²) in [5.41, 5.74) is 1.18. The number of halogens is 1. The minimum Gasteiger partial charge on any atom is -0.481 e. The minimum absolute atomic E-state index is 0.0598. The maximum Gasteiger partial charge on any atom is 0.258 e. The van der Waals surface area contributed by atoms with Gasteiger partial charge in [-0.25, -0.2) is 4.39 Å². The van der Waals surface area contributed by atoms with Crippen molar-refractivity contribution in [1.82, 2.24) is 5.32 Å². The SMILES string of the molecule is O=Cc1ccc(OCC(=O)NCc2ccccc2)c(F)c1. The van der Waals surface area contributed by atoms with Crippen molar-refractivity contribution in [1.29, 1.82) is 0 Å². The maximum absolute atomic E-state index is 13.5. The van der Waals surface area contributed by atoms with Crippen molar-refractivity contribution < 1.29 is 18.7 Å². The summed E-state index contributed by atoms with van der Waals surface area (Å²) in [6.45, 7) is 0.0970. The van der Waals surface area contributed by atoms with Gasteiger partial charge in [-0.3, -0.25) is 9.59 Å². The highest BCUT2D eigenvalue weighted by Gasteiger charge is 2.07. The van der Waals surface area contributed by atoms with Crippen molar-refractivity contribution in [3.05, 3.63) is 65.5 Å². The number of hydrogen-bond donors (Lipinski definition) is 1. The first kappa shape index (κ1) is 14.7. The Bertz CT molecular complexity index is 629. The first-order valence-electron chi connectivity index (χ1n) is 6.37. The summed E-state index contributed by atoms with van der Waals surface area (Å²) in [6, 6.07) is 13.2. The van der Waals surface area contributed by atoms with Gasteiger partial charge in [0, 0.05) is 12.1 Å². The molecule has 0 spiro atoms. The van der Waals surface area contributed by atoms with Crippen LogP contribution in [0.15, 0.2) is 48.5 Å². The molecule has 0 unspecified atom stereocenters. The van der Waals surface area contributed by atoms with E-state index < -0.39 is 5.82 Å². The molecule has 2 rings (SSSR count). The number of aldehydes is 1. The Morgan fingerprint density at radius 3 is 2.62 bits per heavy atom. The first-order valence-corrected chi connectivity index (χ1v) is 6.37. The molecule has 108 valence electrons. The first-order chi connectivity index (χ1) is 10.2. The number of nitrogens with one attached hydrogen (secondary N) is 1. The number of rotatable bonds is 6. The molecule has 0 radical (unpaired) electrons. The number of amides is 1. The number of ether oxygens (including phenoxy) is 1. The van der Waals surface area contributed by atoms with E-state index in [1.807, 2.05) is 30.3 Å². The summed E-state index contributed by atoms with van der Waals surface area (Å²) >= 11 is 0. The van der Waals surface area contributed by atoms with Crippen molar-refractivity contribution in [3.63, 3.8) is 0 Å². The number of carbonyl (C=O) groups excluding carboxylic acids is 2. The fraction of sp³-hybridized carbons (Fsp3) is 0.125. The fourth-order valence-corrected chi connectivity index (χ4v) is 1.70. The summed E-state index contributed by atoms with van der Waals surface area (Å²) in [7, 11) is 0. The summed E-state index contributed by atoms with van der Waals surface area (Å²) in [5.74, 6) is -1.08. The van der Waals surface area contributed by atoms with E-state index in [-0.39, 0.29) is 23.8 Å². The predicted octanol–water partition coefficient (Wildman–Crippen LogP) is 2.33. The largest absolute Gasteiger partial charge is 0.481 e. The molecule has 0 aromatic heterocycles. The summed E-state index contributed by atoms with van der Waals surface area (Å²) in [5, 5.41) is 2.67. The number of carbonyl (C=O) groups is 2. The van der Waals surface area contributed by atoms with Crippen LogP contribution in [-0.2, 0) is 11.3 Å². The molecule has 1 amide bonds. The van der Waals surface area contributed by atoms with E-state index in [0.717, 1.165) is 11.6 Å². The molecule has 2 aromatic carbocycles. The molecule has 0 fully saturated rings. The van der Waals surface area contributed by atoms with Crippen molar-refractivity contribution in [2.75, 3.05) is 6.61 Å². The van der Waals surface area contributed by atoms with Crippen LogP contribution in [0.2, 0.25) is 0 Å². The van der Waals surface area contributed by atoms with E-state index in [2.05, 4.69) is 5.32 Å². The maximum atomic E-state index is 13.5. The predicted molar refractivity (Wildman–Crippen MR) is 75.6 cm³/mol. The Kier molecular flexibility index (Phi) is 5.04. The highest BCUT2D eigenvalue weighted by molar-refractivity contribution is 5.77. The van der Waals surface area contributed by atoms with Crippen LogP contribution in [0.5, 0.6) is 5.75 Å². The Morgan fingerprint density at radius 2 is 1.95 bits per heavy atom. The molecule has 2 aromatic rings. The molecular weight excluding hydrogens is 273 g/mol. The average Bonchev–Trinajstić information content (AvgIpc) is 2.52. The van der Waals surface area contributed by atoms with Gasteiger partial charge in [0.15, 0.2) is 18.2 Å². The van der Waals surface area contributed by atoms with Gasteiger partial charge in [0.05, 0.1) is 0 Å². The van der Waals surface area contributed by atoms with E-state index >= 15 is 0 Å². The van der Waals surface area contributed by atoms with Gasteiger partial charge in [-0.05, 0) is 23.8 Å². The fourth-order valence-electron chi connectivity index (χ4n) is 1.70.